The molecule has 1 aliphatic rings. The number of amides is 2. The summed E-state index contributed by atoms with van der Waals surface area (Å²) in [7, 11) is 0. The fraction of sp³-hybridized carbons (Fsp3) is 0.154. The number of nitrogens with zero attached hydrogens (tertiary/aromatic N) is 1. The lowest BCUT2D eigenvalue weighted by molar-refractivity contribution is -0.385. The van der Waals surface area contributed by atoms with E-state index in [-0.39, 0.29) is 5.69 Å². The number of benzene rings is 1. The summed E-state index contributed by atoms with van der Waals surface area (Å²) in [6.45, 7) is 0. The van der Waals surface area contributed by atoms with Gasteiger partial charge in [0.2, 0.25) is 0 Å². The van der Waals surface area contributed by atoms with Crippen LogP contribution in [0.2, 0.25) is 0 Å². The largest absolute Gasteiger partial charge is 0.352 e. The minimum Gasteiger partial charge on any atom is -0.352 e. The number of nitrogens with two attached hydrogens (primary N) is 1. The van der Waals surface area contributed by atoms with Crippen LogP contribution in [0.4, 0.5) is 10.5 Å². The van der Waals surface area contributed by atoms with Gasteiger partial charge >= 0.3 is 6.03 Å². The van der Waals surface area contributed by atoms with Crippen LogP contribution in [0.15, 0.2) is 48.6 Å². The first-order chi connectivity index (χ1) is 9.03. The molecule has 3 N–H and O–H groups in total. The Hall–Kier alpha value is -2.63. The van der Waals surface area contributed by atoms with Gasteiger partial charge in [-0.25, -0.2) is 4.79 Å². The molecular weight excluding hydrogens is 246 g/mol. The van der Waals surface area contributed by atoms with Gasteiger partial charge in [-0.3, -0.25) is 10.1 Å². The van der Waals surface area contributed by atoms with Crippen molar-refractivity contribution in [3.05, 3.63) is 64.2 Å². The molecule has 2 amide bonds. The molecule has 0 heterocycles. The number of urea groups is 1. The van der Waals surface area contributed by atoms with Crippen molar-refractivity contribution in [1.82, 2.24) is 5.32 Å². The molecule has 0 bridgehead atoms. The molecule has 19 heavy (non-hydrogen) atoms. The highest BCUT2D eigenvalue weighted by atomic mass is 16.6. The van der Waals surface area contributed by atoms with Crippen molar-refractivity contribution in [3.63, 3.8) is 0 Å². The van der Waals surface area contributed by atoms with Crippen LogP contribution in [0.1, 0.15) is 12.0 Å². The maximum Gasteiger partial charge on any atom is 0.313 e. The van der Waals surface area contributed by atoms with Gasteiger partial charge in [-0.1, -0.05) is 36.4 Å². The van der Waals surface area contributed by atoms with Gasteiger partial charge < -0.3 is 11.1 Å². The molecule has 0 aliphatic heterocycles. The van der Waals surface area contributed by atoms with E-state index in [1.165, 1.54) is 12.1 Å². The molecule has 0 saturated carbocycles. The fourth-order valence-corrected chi connectivity index (χ4v) is 2.12. The van der Waals surface area contributed by atoms with Gasteiger partial charge in [0.25, 0.3) is 5.69 Å². The van der Waals surface area contributed by atoms with E-state index in [2.05, 4.69) is 5.32 Å². The van der Waals surface area contributed by atoms with Gasteiger partial charge in [-0.15, -0.1) is 0 Å². The molecular formula is C13H13N3O3. The standard InChI is InChI=1S/C13H13N3O3/c14-12(17)15-13(7-2-1-3-8-13)10-5-4-6-11(9-10)16(18)19/h1-7,9H,8H2,(H3,14,15,17). The third-order valence-electron chi connectivity index (χ3n) is 2.99. The second kappa shape index (κ2) is 4.93. The lowest BCUT2D eigenvalue weighted by Crippen LogP contribution is -2.47. The lowest BCUT2D eigenvalue weighted by Gasteiger charge is -2.32. The average molecular weight is 259 g/mol. The molecule has 0 spiro atoms. The highest BCUT2D eigenvalue weighted by Crippen LogP contribution is 2.31. The molecule has 1 aromatic rings. The Balaban J connectivity index is 2.47. The van der Waals surface area contributed by atoms with Crippen LogP contribution in [-0.4, -0.2) is 11.0 Å². The minimum atomic E-state index is -0.827. The molecule has 6 heteroatoms. The van der Waals surface area contributed by atoms with Gasteiger partial charge in [0.1, 0.15) is 0 Å². The van der Waals surface area contributed by atoms with E-state index < -0.39 is 16.5 Å². The van der Waals surface area contributed by atoms with Crippen LogP contribution in [-0.2, 0) is 5.54 Å². The van der Waals surface area contributed by atoms with E-state index in [0.717, 1.165) is 0 Å². The van der Waals surface area contributed by atoms with Crippen molar-refractivity contribution in [2.75, 3.05) is 0 Å². The second-order valence-corrected chi connectivity index (χ2v) is 4.26. The van der Waals surface area contributed by atoms with Crippen LogP contribution >= 0.6 is 0 Å². The number of nitrogens with one attached hydrogen (secondary N) is 1. The van der Waals surface area contributed by atoms with E-state index in [1.54, 1.807) is 24.3 Å². The van der Waals surface area contributed by atoms with Crippen molar-refractivity contribution in [3.8, 4) is 0 Å². The predicted molar refractivity (Wildman–Crippen MR) is 70.4 cm³/mol. The number of hydrogen-bond acceptors (Lipinski definition) is 3. The molecule has 0 aromatic heterocycles. The minimum absolute atomic E-state index is 0.0221. The zero-order valence-electron chi connectivity index (χ0n) is 10.1. The normalized spacial score (nSPS) is 21.1. The number of carbonyl (C=O) groups excluding carboxylic acids is 1. The number of non-ortho nitro benzene ring substituents is 1. The third-order valence-corrected chi connectivity index (χ3v) is 2.99. The first kappa shape index (κ1) is 12.8. The first-order valence-corrected chi connectivity index (χ1v) is 5.70. The molecule has 2 rings (SSSR count). The fourth-order valence-electron chi connectivity index (χ4n) is 2.12. The summed E-state index contributed by atoms with van der Waals surface area (Å²) in [5.41, 5.74) is 4.98. The number of carbonyl (C=O) groups is 1. The van der Waals surface area contributed by atoms with Crippen molar-refractivity contribution in [2.45, 2.75) is 12.0 Å². The van der Waals surface area contributed by atoms with Crippen molar-refractivity contribution >= 4 is 11.7 Å². The maximum absolute atomic E-state index is 11.2. The van der Waals surface area contributed by atoms with E-state index in [0.29, 0.717) is 12.0 Å². The van der Waals surface area contributed by atoms with Gasteiger partial charge in [-0.05, 0) is 12.0 Å². The molecule has 6 nitrogen and oxygen atoms in total. The SMILES string of the molecule is NC(=O)NC1(c2cccc([N+](=O)[O-])c2)C=CC=CC1. The van der Waals surface area contributed by atoms with Crippen molar-refractivity contribution in [1.29, 1.82) is 0 Å². The lowest BCUT2D eigenvalue weighted by atomic mass is 9.83. The van der Waals surface area contributed by atoms with Crippen LogP contribution < -0.4 is 11.1 Å². The summed E-state index contributed by atoms with van der Waals surface area (Å²) < 4.78 is 0. The number of nitro benzene ring substituents is 1. The van der Waals surface area contributed by atoms with E-state index >= 15 is 0 Å². The Morgan fingerprint density at radius 3 is 2.79 bits per heavy atom. The predicted octanol–water partition coefficient (Wildman–Crippen LogP) is 1.97. The zero-order valence-corrected chi connectivity index (χ0v) is 10.1. The second-order valence-electron chi connectivity index (χ2n) is 4.26. The smallest absolute Gasteiger partial charge is 0.313 e. The molecule has 0 saturated heterocycles. The first-order valence-electron chi connectivity index (χ1n) is 5.70. The number of rotatable bonds is 3. The van der Waals surface area contributed by atoms with Gasteiger partial charge in [0.05, 0.1) is 10.5 Å². The summed E-state index contributed by atoms with van der Waals surface area (Å²) in [5, 5.41) is 13.5. The molecule has 0 radical (unpaired) electrons. The summed E-state index contributed by atoms with van der Waals surface area (Å²) in [4.78, 5) is 21.5. The van der Waals surface area contributed by atoms with Crippen molar-refractivity contribution in [2.24, 2.45) is 5.73 Å². The number of primary amides is 1. The summed E-state index contributed by atoms with van der Waals surface area (Å²) >= 11 is 0. The van der Waals surface area contributed by atoms with Crippen molar-refractivity contribution < 1.29 is 9.72 Å². The summed E-state index contributed by atoms with van der Waals surface area (Å²) in [5.74, 6) is 0. The topological polar surface area (TPSA) is 98.3 Å². The monoisotopic (exact) mass is 259 g/mol. The highest BCUT2D eigenvalue weighted by molar-refractivity contribution is 5.73. The Labute approximate surface area is 109 Å². The molecule has 1 aliphatic carbocycles. The molecule has 98 valence electrons. The Bertz CT molecular complexity index is 580. The summed E-state index contributed by atoms with van der Waals surface area (Å²) in [6, 6.07) is 5.49. The number of nitro groups is 1. The number of hydrogen-bond donors (Lipinski definition) is 2. The van der Waals surface area contributed by atoms with Crippen LogP contribution in [0.3, 0.4) is 0 Å². The quantitative estimate of drug-likeness (QED) is 0.641. The third kappa shape index (κ3) is 2.62. The molecule has 1 aromatic carbocycles. The molecule has 0 fully saturated rings. The van der Waals surface area contributed by atoms with Crippen LogP contribution in [0, 0.1) is 10.1 Å². The van der Waals surface area contributed by atoms with Crippen LogP contribution in [0.25, 0.3) is 0 Å². The Kier molecular flexibility index (Phi) is 3.33. The van der Waals surface area contributed by atoms with Crippen LogP contribution in [0.5, 0.6) is 0 Å². The van der Waals surface area contributed by atoms with E-state index in [1.807, 2.05) is 12.2 Å². The van der Waals surface area contributed by atoms with Gasteiger partial charge in [-0.2, -0.15) is 0 Å². The molecule has 1 atom stereocenters. The summed E-state index contributed by atoms with van der Waals surface area (Å²) in [6.07, 6.45) is 7.76. The van der Waals surface area contributed by atoms with Gasteiger partial charge in [0.15, 0.2) is 0 Å². The average Bonchev–Trinajstić information content (AvgIpc) is 2.39. The molecule has 1 unspecified atom stereocenters. The van der Waals surface area contributed by atoms with E-state index in [9.17, 15) is 14.9 Å². The highest BCUT2D eigenvalue weighted by Gasteiger charge is 2.31. The zero-order chi connectivity index (χ0) is 13.9. The van der Waals surface area contributed by atoms with Gasteiger partial charge in [0, 0.05) is 12.1 Å². The Morgan fingerprint density at radius 2 is 2.21 bits per heavy atom. The number of allylic oxidation sites excluding steroid dienone is 2. The Morgan fingerprint density at radius 1 is 1.42 bits per heavy atom. The van der Waals surface area contributed by atoms with E-state index in [4.69, 9.17) is 5.73 Å². The maximum atomic E-state index is 11.2.